The molecule has 0 saturated carbocycles. The summed E-state index contributed by atoms with van der Waals surface area (Å²) in [6.45, 7) is 0.809. The second-order valence-corrected chi connectivity index (χ2v) is 5.24. The van der Waals surface area contributed by atoms with Gasteiger partial charge in [0.05, 0.1) is 10.7 Å². The van der Waals surface area contributed by atoms with Crippen LogP contribution in [0.1, 0.15) is 28.5 Å². The summed E-state index contributed by atoms with van der Waals surface area (Å²) < 4.78 is 5.94. The van der Waals surface area contributed by atoms with Crippen molar-refractivity contribution in [1.82, 2.24) is 0 Å². The summed E-state index contributed by atoms with van der Waals surface area (Å²) in [6.07, 6.45) is 1.99. The number of carbonyl (C=O) groups excluding carboxylic acids is 1. The van der Waals surface area contributed by atoms with Gasteiger partial charge in [-0.05, 0) is 33.6 Å². The Balaban J connectivity index is 1.79. The quantitative estimate of drug-likeness (QED) is 0.877. The van der Waals surface area contributed by atoms with E-state index in [1.54, 1.807) is 6.07 Å². The van der Waals surface area contributed by atoms with Crippen LogP contribution in [0.2, 0.25) is 0 Å². The average Bonchev–Trinajstić information content (AvgIpc) is 2.97. The molecule has 2 aromatic rings. The van der Waals surface area contributed by atoms with Crippen LogP contribution in [0.3, 0.4) is 0 Å². The molecular formula is C14H12BrNO2. The first kappa shape index (κ1) is 11.5. The number of carbonyl (C=O) groups is 1. The van der Waals surface area contributed by atoms with Gasteiger partial charge in [-0.25, -0.2) is 0 Å². The zero-order chi connectivity index (χ0) is 12.5. The predicted molar refractivity (Wildman–Crippen MR) is 73.0 cm³/mol. The van der Waals surface area contributed by atoms with Crippen LogP contribution in [-0.4, -0.2) is 12.3 Å². The smallest absolute Gasteiger partial charge is 0.199 e. The molecular weight excluding hydrogens is 294 g/mol. The van der Waals surface area contributed by atoms with Crippen LogP contribution in [0, 0.1) is 0 Å². The van der Waals surface area contributed by atoms with Crippen LogP contribution >= 0.6 is 15.9 Å². The number of para-hydroxylation sites is 1. The highest BCUT2D eigenvalue weighted by Crippen LogP contribution is 2.34. The van der Waals surface area contributed by atoms with Gasteiger partial charge < -0.3 is 9.73 Å². The highest BCUT2D eigenvalue weighted by molar-refractivity contribution is 9.10. The zero-order valence-corrected chi connectivity index (χ0v) is 11.2. The molecule has 1 atom stereocenters. The number of hydrogen-bond acceptors (Lipinski definition) is 3. The topological polar surface area (TPSA) is 42.2 Å². The molecule has 1 aliphatic rings. The van der Waals surface area contributed by atoms with Crippen LogP contribution < -0.4 is 5.32 Å². The van der Waals surface area contributed by atoms with Crippen LogP contribution in [0.25, 0.3) is 0 Å². The third kappa shape index (κ3) is 1.97. The molecule has 2 heterocycles. The summed E-state index contributed by atoms with van der Waals surface area (Å²) in [5, 5.41) is 3.32. The van der Waals surface area contributed by atoms with Gasteiger partial charge in [-0.15, -0.1) is 0 Å². The van der Waals surface area contributed by atoms with Crippen molar-refractivity contribution < 1.29 is 9.21 Å². The van der Waals surface area contributed by atoms with E-state index in [1.165, 1.54) is 11.8 Å². The van der Waals surface area contributed by atoms with Gasteiger partial charge in [-0.3, -0.25) is 4.79 Å². The maximum absolute atomic E-state index is 12.1. The fourth-order valence-electron chi connectivity index (χ4n) is 2.35. The number of fused-ring (bicyclic) bond motifs is 1. The number of Topliss-reactive ketones (excluding diaryl/α,β-unsaturated/α-hetero) is 1. The number of anilines is 1. The van der Waals surface area contributed by atoms with Crippen molar-refractivity contribution in [3.63, 3.8) is 0 Å². The second kappa shape index (κ2) is 4.61. The molecule has 0 radical (unpaired) electrons. The van der Waals surface area contributed by atoms with Crippen LogP contribution in [0.5, 0.6) is 0 Å². The molecule has 0 saturated heterocycles. The molecule has 0 spiro atoms. The van der Waals surface area contributed by atoms with Crippen LogP contribution in [-0.2, 0) is 0 Å². The minimum Gasteiger partial charge on any atom is -0.460 e. The van der Waals surface area contributed by atoms with Crippen molar-refractivity contribution in [3.05, 3.63) is 52.4 Å². The number of nitrogens with one attached hydrogen (secondary N) is 1. The fourth-order valence-corrected chi connectivity index (χ4v) is 2.77. The van der Waals surface area contributed by atoms with E-state index >= 15 is 0 Å². The molecule has 0 bridgehead atoms. The molecule has 1 aromatic heterocycles. The molecule has 3 rings (SSSR count). The monoisotopic (exact) mass is 305 g/mol. The Morgan fingerprint density at radius 3 is 3.00 bits per heavy atom. The summed E-state index contributed by atoms with van der Waals surface area (Å²) in [6, 6.07) is 9.87. The third-order valence-electron chi connectivity index (χ3n) is 3.24. The summed E-state index contributed by atoms with van der Waals surface area (Å²) in [5.74, 6) is 0.681. The molecule has 92 valence electrons. The Bertz CT molecular complexity index is 591. The van der Waals surface area contributed by atoms with Crippen molar-refractivity contribution in [3.8, 4) is 0 Å². The summed E-state index contributed by atoms with van der Waals surface area (Å²) in [5.41, 5.74) is 2.35. The lowest BCUT2D eigenvalue weighted by Gasteiger charge is -2.08. The molecule has 1 aromatic carbocycles. The summed E-state index contributed by atoms with van der Waals surface area (Å²) in [7, 11) is 0. The fraction of sp³-hybridized carbons (Fsp3) is 0.214. The van der Waals surface area contributed by atoms with Gasteiger partial charge in [-0.2, -0.15) is 0 Å². The lowest BCUT2D eigenvalue weighted by molar-refractivity contribution is 0.0947. The van der Waals surface area contributed by atoms with Crippen molar-refractivity contribution in [2.75, 3.05) is 11.9 Å². The largest absolute Gasteiger partial charge is 0.460 e. The Labute approximate surface area is 113 Å². The third-order valence-corrected chi connectivity index (χ3v) is 3.87. The van der Waals surface area contributed by atoms with Crippen molar-refractivity contribution in [2.24, 2.45) is 0 Å². The summed E-state index contributed by atoms with van der Waals surface area (Å²) in [4.78, 5) is 12.1. The Hall–Kier alpha value is -1.55. The standard InChI is InChI=1S/C14H12BrNO2/c15-11-5-6-18-14(11)13(17)7-9-8-16-12-4-2-1-3-10(9)12/h1-6,9,16H,7-8H2. The van der Waals surface area contributed by atoms with E-state index in [9.17, 15) is 4.79 Å². The second-order valence-electron chi connectivity index (χ2n) is 4.39. The van der Waals surface area contributed by atoms with Crippen molar-refractivity contribution in [2.45, 2.75) is 12.3 Å². The Morgan fingerprint density at radius 2 is 2.22 bits per heavy atom. The summed E-state index contributed by atoms with van der Waals surface area (Å²) >= 11 is 3.32. The van der Waals surface area contributed by atoms with Gasteiger partial charge in [0.15, 0.2) is 11.5 Å². The number of ketones is 1. The molecule has 1 unspecified atom stereocenters. The Kier molecular flexibility index (Phi) is 2.96. The maximum Gasteiger partial charge on any atom is 0.199 e. The molecule has 0 fully saturated rings. The van der Waals surface area contributed by atoms with E-state index in [2.05, 4.69) is 27.3 Å². The number of benzene rings is 1. The first-order chi connectivity index (χ1) is 8.75. The lowest BCUT2D eigenvalue weighted by atomic mass is 9.95. The van der Waals surface area contributed by atoms with Gasteiger partial charge in [0.25, 0.3) is 0 Å². The normalized spacial score (nSPS) is 17.3. The number of rotatable bonds is 3. The number of halogens is 1. The SMILES string of the molecule is O=C(CC1CNc2ccccc21)c1occc1Br. The van der Waals surface area contributed by atoms with Crippen LogP contribution in [0.15, 0.2) is 45.5 Å². The zero-order valence-electron chi connectivity index (χ0n) is 9.65. The van der Waals surface area contributed by atoms with E-state index < -0.39 is 0 Å². The van der Waals surface area contributed by atoms with E-state index in [4.69, 9.17) is 4.42 Å². The molecule has 4 heteroatoms. The van der Waals surface area contributed by atoms with Gasteiger partial charge >= 0.3 is 0 Å². The van der Waals surface area contributed by atoms with Crippen molar-refractivity contribution in [1.29, 1.82) is 0 Å². The molecule has 0 aliphatic carbocycles. The first-order valence-corrected chi connectivity index (χ1v) is 6.64. The van der Waals surface area contributed by atoms with Gasteiger partial charge in [0.2, 0.25) is 0 Å². The average molecular weight is 306 g/mol. The molecule has 0 amide bonds. The van der Waals surface area contributed by atoms with Gasteiger partial charge in [0, 0.05) is 24.6 Å². The van der Waals surface area contributed by atoms with Crippen LogP contribution in [0.4, 0.5) is 5.69 Å². The lowest BCUT2D eigenvalue weighted by Crippen LogP contribution is -2.09. The van der Waals surface area contributed by atoms with E-state index in [0.717, 1.165) is 16.7 Å². The maximum atomic E-state index is 12.1. The van der Waals surface area contributed by atoms with E-state index in [1.807, 2.05) is 18.2 Å². The minimum absolute atomic E-state index is 0.0374. The van der Waals surface area contributed by atoms with E-state index in [-0.39, 0.29) is 11.7 Å². The van der Waals surface area contributed by atoms with Gasteiger partial charge in [0.1, 0.15) is 0 Å². The molecule has 18 heavy (non-hydrogen) atoms. The number of hydrogen-bond donors (Lipinski definition) is 1. The highest BCUT2D eigenvalue weighted by Gasteiger charge is 2.26. The predicted octanol–water partition coefficient (Wildman–Crippen LogP) is 3.82. The molecule has 3 nitrogen and oxygen atoms in total. The number of furan rings is 1. The minimum atomic E-state index is 0.0374. The Morgan fingerprint density at radius 1 is 1.39 bits per heavy atom. The van der Waals surface area contributed by atoms with Gasteiger partial charge in [-0.1, -0.05) is 18.2 Å². The first-order valence-electron chi connectivity index (χ1n) is 5.84. The molecule has 1 N–H and O–H groups in total. The molecule has 1 aliphatic heterocycles. The van der Waals surface area contributed by atoms with E-state index in [0.29, 0.717) is 12.2 Å². The van der Waals surface area contributed by atoms with Crippen molar-refractivity contribution >= 4 is 27.4 Å². The highest BCUT2D eigenvalue weighted by atomic mass is 79.9.